The van der Waals surface area contributed by atoms with E-state index in [1.807, 2.05) is 0 Å². The Balaban J connectivity index is 2.77. The minimum atomic E-state index is -4.67. The van der Waals surface area contributed by atoms with E-state index < -0.39 is 35.6 Å². The summed E-state index contributed by atoms with van der Waals surface area (Å²) >= 11 is 0. The van der Waals surface area contributed by atoms with Gasteiger partial charge in [0.25, 0.3) is 0 Å². The van der Waals surface area contributed by atoms with Crippen LogP contribution in [0.4, 0.5) is 13.2 Å². The Kier molecular flexibility index (Phi) is 4.73. The number of primary amides is 1. The summed E-state index contributed by atoms with van der Waals surface area (Å²) in [5, 5.41) is 8.82. The standard InChI is InChI=1S/C11H13F3N4O2/c12-11(13,14)6-3-4-18(8(6)5-15)10(20)7(16)1-2-9(17)19/h3,7-8H,1-2,4,16H2,(H2,17,19)/t7-,8?/m0/s1. The first-order chi connectivity index (χ1) is 9.18. The topological polar surface area (TPSA) is 113 Å². The molecule has 0 aromatic rings. The number of nitrogens with zero attached hydrogens (tertiary/aromatic N) is 2. The molecule has 0 saturated carbocycles. The number of alkyl halides is 3. The molecule has 0 aromatic heterocycles. The maximum absolute atomic E-state index is 12.6. The molecule has 20 heavy (non-hydrogen) atoms. The molecule has 1 unspecified atom stereocenters. The van der Waals surface area contributed by atoms with Crippen molar-refractivity contribution in [1.29, 1.82) is 5.26 Å². The lowest BCUT2D eigenvalue weighted by atomic mass is 10.1. The second-order valence-corrected chi connectivity index (χ2v) is 4.29. The number of amides is 2. The Morgan fingerprint density at radius 2 is 2.15 bits per heavy atom. The van der Waals surface area contributed by atoms with Crippen LogP contribution in [0, 0.1) is 11.3 Å². The van der Waals surface area contributed by atoms with E-state index in [9.17, 15) is 22.8 Å². The monoisotopic (exact) mass is 290 g/mol. The Morgan fingerprint density at radius 1 is 1.55 bits per heavy atom. The van der Waals surface area contributed by atoms with Crippen LogP contribution in [0.5, 0.6) is 0 Å². The van der Waals surface area contributed by atoms with E-state index >= 15 is 0 Å². The van der Waals surface area contributed by atoms with Gasteiger partial charge in [0.15, 0.2) is 0 Å². The van der Waals surface area contributed by atoms with E-state index in [1.165, 1.54) is 6.07 Å². The highest BCUT2D eigenvalue weighted by atomic mass is 19.4. The first-order valence-electron chi connectivity index (χ1n) is 5.69. The molecule has 0 bridgehead atoms. The van der Waals surface area contributed by atoms with Gasteiger partial charge in [-0.15, -0.1) is 0 Å². The zero-order chi connectivity index (χ0) is 15.5. The van der Waals surface area contributed by atoms with E-state index in [-0.39, 0.29) is 19.4 Å². The summed E-state index contributed by atoms with van der Waals surface area (Å²) in [4.78, 5) is 23.2. The SMILES string of the molecule is N#CC1C(C(F)(F)F)=CCN1C(=O)[C@@H](N)CCC(N)=O. The van der Waals surface area contributed by atoms with Gasteiger partial charge in [-0.1, -0.05) is 6.08 Å². The fraction of sp³-hybridized carbons (Fsp3) is 0.545. The van der Waals surface area contributed by atoms with Crippen LogP contribution in [0.2, 0.25) is 0 Å². The molecule has 9 heteroatoms. The van der Waals surface area contributed by atoms with Gasteiger partial charge in [-0.05, 0) is 6.42 Å². The lowest BCUT2D eigenvalue weighted by molar-refractivity contribution is -0.134. The summed E-state index contributed by atoms with van der Waals surface area (Å²) in [6, 6.07) is -1.43. The van der Waals surface area contributed by atoms with Crippen LogP contribution in [0.15, 0.2) is 11.6 Å². The Labute approximate surface area is 112 Å². The van der Waals surface area contributed by atoms with Gasteiger partial charge in [-0.2, -0.15) is 18.4 Å². The van der Waals surface area contributed by atoms with Crippen molar-refractivity contribution in [1.82, 2.24) is 4.90 Å². The molecule has 2 amide bonds. The Morgan fingerprint density at radius 3 is 2.60 bits per heavy atom. The predicted molar refractivity (Wildman–Crippen MR) is 61.7 cm³/mol. The normalized spacial score (nSPS) is 20.2. The fourth-order valence-electron chi connectivity index (χ4n) is 1.84. The Hall–Kier alpha value is -2.08. The van der Waals surface area contributed by atoms with Crippen molar-refractivity contribution in [2.75, 3.05) is 6.54 Å². The zero-order valence-corrected chi connectivity index (χ0v) is 10.4. The van der Waals surface area contributed by atoms with Crippen molar-refractivity contribution in [3.8, 4) is 6.07 Å². The molecule has 2 atom stereocenters. The maximum atomic E-state index is 12.6. The third kappa shape index (κ3) is 3.48. The van der Waals surface area contributed by atoms with Crippen LogP contribution >= 0.6 is 0 Å². The number of carbonyl (C=O) groups is 2. The highest BCUT2D eigenvalue weighted by molar-refractivity contribution is 5.84. The predicted octanol–water partition coefficient (Wildman–Crippen LogP) is -0.198. The zero-order valence-electron chi connectivity index (χ0n) is 10.4. The molecule has 1 heterocycles. The molecule has 110 valence electrons. The molecule has 0 saturated heterocycles. The number of nitrogens with two attached hydrogens (primary N) is 2. The first-order valence-corrected chi connectivity index (χ1v) is 5.69. The summed E-state index contributed by atoms with van der Waals surface area (Å²) in [6.07, 6.45) is -4.12. The molecule has 0 fully saturated rings. The summed E-state index contributed by atoms with van der Waals surface area (Å²) in [6.45, 7) is -0.337. The van der Waals surface area contributed by atoms with E-state index in [2.05, 4.69) is 0 Å². The molecule has 0 aliphatic carbocycles. The molecule has 1 rings (SSSR count). The van der Waals surface area contributed by atoms with Crippen LogP contribution in [0.1, 0.15) is 12.8 Å². The van der Waals surface area contributed by atoms with Gasteiger partial charge in [-0.3, -0.25) is 9.59 Å². The van der Waals surface area contributed by atoms with Gasteiger partial charge >= 0.3 is 6.18 Å². The second kappa shape index (κ2) is 5.92. The third-order valence-corrected chi connectivity index (χ3v) is 2.87. The number of hydrogen-bond donors (Lipinski definition) is 2. The average molecular weight is 290 g/mol. The first kappa shape index (κ1) is 16.0. The summed E-state index contributed by atoms with van der Waals surface area (Å²) in [5.41, 5.74) is 9.33. The number of carbonyl (C=O) groups excluding carboxylic acids is 2. The minimum Gasteiger partial charge on any atom is -0.370 e. The molecule has 6 nitrogen and oxygen atoms in total. The van der Waals surface area contributed by atoms with Crippen LogP contribution in [-0.4, -0.2) is 41.5 Å². The number of nitriles is 1. The van der Waals surface area contributed by atoms with Crippen molar-refractivity contribution in [2.24, 2.45) is 11.5 Å². The molecule has 4 N–H and O–H groups in total. The molecule has 0 radical (unpaired) electrons. The highest BCUT2D eigenvalue weighted by Gasteiger charge is 2.46. The van der Waals surface area contributed by atoms with Crippen LogP contribution < -0.4 is 11.5 Å². The quantitative estimate of drug-likeness (QED) is 0.698. The molecule has 1 aliphatic heterocycles. The molecule has 1 aliphatic rings. The second-order valence-electron chi connectivity index (χ2n) is 4.29. The van der Waals surface area contributed by atoms with Gasteiger partial charge < -0.3 is 16.4 Å². The van der Waals surface area contributed by atoms with Crippen LogP contribution in [-0.2, 0) is 9.59 Å². The summed E-state index contributed by atoms with van der Waals surface area (Å²) in [7, 11) is 0. The van der Waals surface area contributed by atoms with E-state index in [4.69, 9.17) is 16.7 Å². The van der Waals surface area contributed by atoms with Crippen molar-refractivity contribution in [2.45, 2.75) is 31.1 Å². The Bertz CT molecular complexity index is 481. The minimum absolute atomic E-state index is 0.0792. The van der Waals surface area contributed by atoms with Crippen molar-refractivity contribution < 1.29 is 22.8 Å². The molecular formula is C11H13F3N4O2. The van der Waals surface area contributed by atoms with E-state index in [0.29, 0.717) is 0 Å². The van der Waals surface area contributed by atoms with Gasteiger partial charge in [0.1, 0.15) is 6.04 Å². The number of halogens is 3. The van der Waals surface area contributed by atoms with Crippen molar-refractivity contribution in [3.63, 3.8) is 0 Å². The van der Waals surface area contributed by atoms with Crippen molar-refractivity contribution in [3.05, 3.63) is 11.6 Å². The highest BCUT2D eigenvalue weighted by Crippen LogP contribution is 2.34. The van der Waals surface area contributed by atoms with Gasteiger partial charge in [-0.25, -0.2) is 0 Å². The van der Waals surface area contributed by atoms with Crippen molar-refractivity contribution >= 4 is 11.8 Å². The molecule has 0 spiro atoms. The van der Waals surface area contributed by atoms with E-state index in [1.54, 1.807) is 0 Å². The van der Waals surface area contributed by atoms with Crippen LogP contribution in [0.25, 0.3) is 0 Å². The largest absolute Gasteiger partial charge is 0.415 e. The number of rotatable bonds is 4. The van der Waals surface area contributed by atoms with E-state index in [0.717, 1.165) is 11.0 Å². The fourth-order valence-corrected chi connectivity index (χ4v) is 1.84. The van der Waals surface area contributed by atoms with Crippen LogP contribution in [0.3, 0.4) is 0 Å². The molecule has 0 aromatic carbocycles. The number of hydrogen-bond acceptors (Lipinski definition) is 4. The third-order valence-electron chi connectivity index (χ3n) is 2.87. The summed E-state index contributed by atoms with van der Waals surface area (Å²) in [5.74, 6) is -1.48. The van der Waals surface area contributed by atoms with Gasteiger partial charge in [0, 0.05) is 13.0 Å². The van der Waals surface area contributed by atoms with Gasteiger partial charge in [0.2, 0.25) is 11.8 Å². The average Bonchev–Trinajstić information content (AvgIpc) is 2.78. The molecular weight excluding hydrogens is 277 g/mol. The van der Waals surface area contributed by atoms with Gasteiger partial charge in [0.05, 0.1) is 17.7 Å². The lowest BCUT2D eigenvalue weighted by Crippen LogP contribution is -2.47. The maximum Gasteiger partial charge on any atom is 0.415 e. The smallest absolute Gasteiger partial charge is 0.370 e. The lowest BCUT2D eigenvalue weighted by Gasteiger charge is -2.25. The summed E-state index contributed by atoms with van der Waals surface area (Å²) < 4.78 is 37.9.